The van der Waals surface area contributed by atoms with Gasteiger partial charge < -0.3 is 5.21 Å². The summed E-state index contributed by atoms with van der Waals surface area (Å²) in [6.45, 7) is 0. The van der Waals surface area contributed by atoms with Crippen molar-refractivity contribution in [3.05, 3.63) is 35.4 Å². The Morgan fingerprint density at radius 3 is 2.73 bits per heavy atom. The van der Waals surface area contributed by atoms with Gasteiger partial charge in [0.05, 0.1) is 10.8 Å². The Hall–Kier alpha value is -0.610. The van der Waals surface area contributed by atoms with E-state index in [4.69, 9.17) is 5.21 Å². The zero-order chi connectivity index (χ0) is 10.5. The molecular weight excluding hydrogens is 226 g/mol. The van der Waals surface area contributed by atoms with E-state index < -0.39 is 0 Å². The molecule has 1 saturated heterocycles. The fraction of sp³-hybridized carbons (Fsp3) is 0.364. The van der Waals surface area contributed by atoms with Gasteiger partial charge in [-0.25, -0.2) is 0 Å². The quantitative estimate of drug-likeness (QED) is 0.488. The molecule has 1 heterocycles. The van der Waals surface area contributed by atoms with Crippen molar-refractivity contribution in [1.82, 2.24) is 0 Å². The standard InChI is InChI=1S/C11H13NOS2/c13-12-8-9-4-1-2-5-10(9)11-14-6-3-7-15-11/h1-2,4-5,8,11,13H,3,6-7H2/b12-8-. The van der Waals surface area contributed by atoms with Gasteiger partial charge in [-0.3, -0.25) is 0 Å². The Kier molecular flexibility index (Phi) is 3.97. The highest BCUT2D eigenvalue weighted by Gasteiger charge is 2.18. The summed E-state index contributed by atoms with van der Waals surface area (Å²) >= 11 is 3.95. The first kappa shape index (κ1) is 10.9. The Bertz CT molecular complexity index is 348. The molecule has 1 aliphatic rings. The summed E-state index contributed by atoms with van der Waals surface area (Å²) in [7, 11) is 0. The van der Waals surface area contributed by atoms with E-state index in [1.165, 1.54) is 29.7 Å². The monoisotopic (exact) mass is 239 g/mol. The molecule has 0 unspecified atom stereocenters. The molecule has 2 nitrogen and oxygen atoms in total. The van der Waals surface area contributed by atoms with Crippen molar-refractivity contribution < 1.29 is 5.21 Å². The fourth-order valence-electron chi connectivity index (χ4n) is 1.57. The van der Waals surface area contributed by atoms with Crippen LogP contribution in [0.25, 0.3) is 0 Å². The third-order valence-corrected chi connectivity index (χ3v) is 5.25. The second kappa shape index (κ2) is 5.47. The Morgan fingerprint density at radius 1 is 1.27 bits per heavy atom. The van der Waals surface area contributed by atoms with E-state index in [0.29, 0.717) is 4.58 Å². The van der Waals surface area contributed by atoms with Crippen LogP contribution < -0.4 is 0 Å². The molecule has 0 radical (unpaired) electrons. The van der Waals surface area contributed by atoms with Gasteiger partial charge in [0, 0.05) is 5.56 Å². The summed E-state index contributed by atoms with van der Waals surface area (Å²) in [5, 5.41) is 11.7. The van der Waals surface area contributed by atoms with Gasteiger partial charge >= 0.3 is 0 Å². The molecule has 4 heteroatoms. The zero-order valence-electron chi connectivity index (χ0n) is 8.30. The molecular formula is C11H13NOS2. The van der Waals surface area contributed by atoms with Crippen molar-refractivity contribution in [1.29, 1.82) is 0 Å². The van der Waals surface area contributed by atoms with Crippen LogP contribution >= 0.6 is 23.5 Å². The lowest BCUT2D eigenvalue weighted by molar-refractivity contribution is 0.322. The molecule has 0 amide bonds. The minimum Gasteiger partial charge on any atom is -0.411 e. The SMILES string of the molecule is O/N=C\c1ccccc1C1SCCCS1. The Labute approximate surface area is 98.1 Å². The van der Waals surface area contributed by atoms with Crippen LogP contribution in [0.2, 0.25) is 0 Å². The lowest BCUT2D eigenvalue weighted by Crippen LogP contribution is -2.03. The Balaban J connectivity index is 2.25. The Morgan fingerprint density at radius 2 is 2.00 bits per heavy atom. The van der Waals surface area contributed by atoms with Gasteiger partial charge in [0.2, 0.25) is 0 Å². The highest BCUT2D eigenvalue weighted by molar-refractivity contribution is 8.16. The molecule has 0 saturated carbocycles. The molecule has 80 valence electrons. The summed E-state index contributed by atoms with van der Waals surface area (Å²) in [4.78, 5) is 0. The van der Waals surface area contributed by atoms with E-state index in [1.807, 2.05) is 41.7 Å². The lowest BCUT2D eigenvalue weighted by atomic mass is 10.1. The smallest absolute Gasteiger partial charge is 0.0757 e. The first-order valence-electron chi connectivity index (χ1n) is 4.91. The van der Waals surface area contributed by atoms with Crippen LogP contribution in [0.5, 0.6) is 0 Å². The fourth-order valence-corrected chi connectivity index (χ4v) is 4.56. The van der Waals surface area contributed by atoms with Crippen LogP contribution in [-0.4, -0.2) is 22.9 Å². The molecule has 0 atom stereocenters. The van der Waals surface area contributed by atoms with Gasteiger partial charge in [0.15, 0.2) is 0 Å². The van der Waals surface area contributed by atoms with Crippen LogP contribution in [0, 0.1) is 0 Å². The molecule has 1 aromatic carbocycles. The molecule has 0 aliphatic carbocycles. The van der Waals surface area contributed by atoms with Gasteiger partial charge in [-0.2, -0.15) is 0 Å². The van der Waals surface area contributed by atoms with Gasteiger partial charge in [-0.05, 0) is 23.5 Å². The second-order valence-electron chi connectivity index (χ2n) is 3.30. The first-order valence-corrected chi connectivity index (χ1v) is 7.01. The number of benzene rings is 1. The summed E-state index contributed by atoms with van der Waals surface area (Å²) in [5.41, 5.74) is 2.29. The van der Waals surface area contributed by atoms with E-state index in [-0.39, 0.29) is 0 Å². The van der Waals surface area contributed by atoms with Crippen LogP contribution in [-0.2, 0) is 0 Å². The maximum atomic E-state index is 8.60. The molecule has 0 aromatic heterocycles. The van der Waals surface area contributed by atoms with Crippen molar-refractivity contribution in [3.8, 4) is 0 Å². The average molecular weight is 239 g/mol. The van der Waals surface area contributed by atoms with Crippen LogP contribution in [0.4, 0.5) is 0 Å². The van der Waals surface area contributed by atoms with E-state index in [9.17, 15) is 0 Å². The number of hydrogen-bond donors (Lipinski definition) is 1. The van der Waals surface area contributed by atoms with Crippen molar-refractivity contribution in [2.24, 2.45) is 5.16 Å². The third-order valence-electron chi connectivity index (χ3n) is 2.27. The first-order chi connectivity index (χ1) is 7.42. The van der Waals surface area contributed by atoms with Crippen molar-refractivity contribution >= 4 is 29.7 Å². The minimum absolute atomic E-state index is 0.493. The maximum Gasteiger partial charge on any atom is 0.0757 e. The predicted molar refractivity (Wildman–Crippen MR) is 68.1 cm³/mol. The van der Waals surface area contributed by atoms with Gasteiger partial charge in [-0.15, -0.1) is 23.5 Å². The van der Waals surface area contributed by atoms with Crippen molar-refractivity contribution in [2.75, 3.05) is 11.5 Å². The maximum absolute atomic E-state index is 8.60. The number of rotatable bonds is 2. The zero-order valence-corrected chi connectivity index (χ0v) is 9.93. The van der Waals surface area contributed by atoms with E-state index >= 15 is 0 Å². The molecule has 0 bridgehead atoms. The molecule has 1 aliphatic heterocycles. The summed E-state index contributed by atoms with van der Waals surface area (Å²) in [5.74, 6) is 2.45. The van der Waals surface area contributed by atoms with E-state index in [1.54, 1.807) is 0 Å². The van der Waals surface area contributed by atoms with Crippen LogP contribution in [0.15, 0.2) is 29.4 Å². The summed E-state index contributed by atoms with van der Waals surface area (Å²) in [6.07, 6.45) is 2.81. The van der Waals surface area contributed by atoms with Gasteiger partial charge in [0.1, 0.15) is 0 Å². The average Bonchev–Trinajstić information content (AvgIpc) is 2.31. The predicted octanol–water partition coefficient (Wildman–Crippen LogP) is 3.36. The molecule has 2 rings (SSSR count). The molecule has 15 heavy (non-hydrogen) atoms. The normalized spacial score (nSPS) is 18.4. The topological polar surface area (TPSA) is 32.6 Å². The molecule has 1 fully saturated rings. The second-order valence-corrected chi connectivity index (χ2v) is 6.02. The molecule has 0 spiro atoms. The number of oxime groups is 1. The highest BCUT2D eigenvalue weighted by atomic mass is 32.2. The number of nitrogens with zero attached hydrogens (tertiary/aromatic N) is 1. The van der Waals surface area contributed by atoms with Crippen LogP contribution in [0.3, 0.4) is 0 Å². The summed E-state index contributed by atoms with van der Waals surface area (Å²) in [6, 6.07) is 8.12. The van der Waals surface area contributed by atoms with E-state index in [2.05, 4.69) is 11.2 Å². The molecule has 1 aromatic rings. The molecule has 1 N–H and O–H groups in total. The highest BCUT2D eigenvalue weighted by Crippen LogP contribution is 2.44. The minimum atomic E-state index is 0.493. The van der Waals surface area contributed by atoms with Gasteiger partial charge in [0.25, 0.3) is 0 Å². The largest absolute Gasteiger partial charge is 0.411 e. The van der Waals surface area contributed by atoms with Crippen molar-refractivity contribution in [3.63, 3.8) is 0 Å². The van der Waals surface area contributed by atoms with Gasteiger partial charge in [-0.1, -0.05) is 29.4 Å². The van der Waals surface area contributed by atoms with Crippen LogP contribution in [0.1, 0.15) is 22.1 Å². The third kappa shape index (κ3) is 2.69. The number of thioether (sulfide) groups is 2. The lowest BCUT2D eigenvalue weighted by Gasteiger charge is -2.22. The van der Waals surface area contributed by atoms with Crippen molar-refractivity contribution in [2.45, 2.75) is 11.0 Å². The number of hydrogen-bond acceptors (Lipinski definition) is 4. The van der Waals surface area contributed by atoms with E-state index in [0.717, 1.165) is 5.56 Å². The summed E-state index contributed by atoms with van der Waals surface area (Å²) < 4.78 is 0.493.